The van der Waals surface area contributed by atoms with E-state index in [1.807, 2.05) is 13.8 Å². The second-order valence-electron chi connectivity index (χ2n) is 8.70. The smallest absolute Gasteiger partial charge is 0.408 e. The molecule has 1 aromatic heterocycles. The largest absolute Gasteiger partial charge is 0.480 e. The number of carbonyl (C=O) groups is 4. The summed E-state index contributed by atoms with van der Waals surface area (Å²) in [5.74, 6) is -1.70. The van der Waals surface area contributed by atoms with Crippen LogP contribution in [0.3, 0.4) is 0 Å². The predicted octanol–water partition coefficient (Wildman–Crippen LogP) is 1.92. The van der Waals surface area contributed by atoms with E-state index < -0.39 is 41.7 Å². The number of hydrogen-bond acceptors (Lipinski definition) is 7. The van der Waals surface area contributed by atoms with E-state index in [2.05, 4.69) is 20.9 Å². The average Bonchev–Trinajstić information content (AvgIpc) is 3.11. The number of urea groups is 1. The number of carbonyl (C=O) groups excluding carboxylic acids is 3. The number of alkyl carbamates (subject to hydrolysis) is 1. The Bertz CT molecular complexity index is 801. The van der Waals surface area contributed by atoms with Crippen molar-refractivity contribution in [1.29, 1.82) is 0 Å². The van der Waals surface area contributed by atoms with E-state index in [0.717, 1.165) is 6.26 Å². The third kappa shape index (κ3) is 10.1. The maximum atomic E-state index is 12.5. The van der Waals surface area contributed by atoms with Crippen LogP contribution >= 0.6 is 0 Å². The van der Waals surface area contributed by atoms with Crippen molar-refractivity contribution in [3.8, 4) is 0 Å². The maximum Gasteiger partial charge on any atom is 0.408 e. The molecule has 6 N–H and O–H groups in total. The second kappa shape index (κ2) is 11.9. The molecule has 1 rings (SSSR count). The Morgan fingerprint density at radius 1 is 1.22 bits per heavy atom. The molecule has 0 aromatic carbocycles. The number of primary amides is 1. The van der Waals surface area contributed by atoms with Crippen molar-refractivity contribution in [2.75, 3.05) is 6.54 Å². The molecule has 4 amide bonds. The molecule has 0 bridgehead atoms. The number of aromatic nitrogens is 1. The fraction of sp³-hybridized carbons (Fsp3) is 0.650. The summed E-state index contributed by atoms with van der Waals surface area (Å²) in [4.78, 5) is 50.9. The molecular formula is C20H33N5O7. The number of nitrogens with two attached hydrogens (primary N) is 1. The molecule has 180 valence electrons. The third-order valence-electron chi connectivity index (χ3n) is 4.02. The van der Waals surface area contributed by atoms with Crippen LogP contribution in [0.2, 0.25) is 0 Å². The molecule has 0 radical (unpaired) electrons. The second-order valence-corrected chi connectivity index (χ2v) is 8.70. The monoisotopic (exact) mass is 455 g/mol. The summed E-state index contributed by atoms with van der Waals surface area (Å²) in [5, 5.41) is 16.7. The van der Waals surface area contributed by atoms with Gasteiger partial charge in [-0.3, -0.25) is 4.79 Å². The molecule has 0 aliphatic rings. The summed E-state index contributed by atoms with van der Waals surface area (Å²) in [5.41, 5.74) is 4.14. The van der Waals surface area contributed by atoms with Crippen LogP contribution in [0.1, 0.15) is 76.3 Å². The van der Waals surface area contributed by atoms with Gasteiger partial charge >= 0.3 is 18.1 Å². The zero-order valence-corrected chi connectivity index (χ0v) is 19.1. The lowest BCUT2D eigenvalue weighted by molar-refractivity contribution is -0.139. The van der Waals surface area contributed by atoms with Gasteiger partial charge < -0.3 is 35.9 Å². The lowest BCUT2D eigenvalue weighted by Gasteiger charge is -2.23. The molecule has 0 fully saturated rings. The lowest BCUT2D eigenvalue weighted by Crippen LogP contribution is -2.41. The van der Waals surface area contributed by atoms with E-state index in [-0.39, 0.29) is 30.5 Å². The Kier molecular flexibility index (Phi) is 9.95. The van der Waals surface area contributed by atoms with Crippen LogP contribution < -0.4 is 21.7 Å². The van der Waals surface area contributed by atoms with Gasteiger partial charge in [-0.25, -0.2) is 19.4 Å². The Morgan fingerprint density at radius 2 is 1.88 bits per heavy atom. The van der Waals surface area contributed by atoms with Crippen LogP contribution in [0.4, 0.5) is 9.59 Å². The van der Waals surface area contributed by atoms with Crippen LogP contribution in [0.25, 0.3) is 0 Å². The number of nitrogens with zero attached hydrogens (tertiary/aromatic N) is 1. The van der Waals surface area contributed by atoms with Gasteiger partial charge in [-0.05, 0) is 46.0 Å². The van der Waals surface area contributed by atoms with E-state index in [1.54, 1.807) is 20.8 Å². The highest BCUT2D eigenvalue weighted by Gasteiger charge is 2.27. The normalized spacial score (nSPS) is 13.2. The molecule has 0 spiro atoms. The highest BCUT2D eigenvalue weighted by molar-refractivity contribution is 5.94. The van der Waals surface area contributed by atoms with Gasteiger partial charge in [0.2, 0.25) is 5.89 Å². The molecular weight excluding hydrogens is 422 g/mol. The minimum atomic E-state index is -1.23. The number of aliphatic carboxylic acids is 1. The molecule has 1 heterocycles. The van der Waals surface area contributed by atoms with Crippen LogP contribution in [-0.4, -0.2) is 52.3 Å². The average molecular weight is 456 g/mol. The van der Waals surface area contributed by atoms with E-state index in [4.69, 9.17) is 14.9 Å². The van der Waals surface area contributed by atoms with E-state index in [0.29, 0.717) is 12.8 Å². The number of ether oxygens (including phenoxy) is 1. The molecule has 0 aliphatic heterocycles. The van der Waals surface area contributed by atoms with E-state index >= 15 is 0 Å². The van der Waals surface area contributed by atoms with Gasteiger partial charge in [-0.1, -0.05) is 13.8 Å². The number of amides is 4. The standard InChI is InChI=1S/C20H33N5O7/c1-11(2)9-13(25-19(30)32-20(3,4)5)16-24-14(10-31-16)15(26)23-12(17(27)28)7-6-8-22-18(21)29/h10-13H,6-9H2,1-5H3,(H,23,26)(H,25,30)(H,27,28)(H3,21,22,29)/t12-,13-/m0/s1. The Hall–Kier alpha value is -3.31. The predicted molar refractivity (Wildman–Crippen MR) is 114 cm³/mol. The Balaban J connectivity index is 2.83. The number of carboxylic acid groups (broad SMARTS) is 1. The van der Waals surface area contributed by atoms with Crippen molar-refractivity contribution in [2.45, 2.75) is 71.6 Å². The van der Waals surface area contributed by atoms with Crippen molar-refractivity contribution < 1.29 is 33.4 Å². The molecule has 0 unspecified atom stereocenters. The maximum absolute atomic E-state index is 12.5. The first-order chi connectivity index (χ1) is 14.8. The van der Waals surface area contributed by atoms with Crippen molar-refractivity contribution in [3.05, 3.63) is 17.8 Å². The SMILES string of the molecule is CC(C)C[C@H](NC(=O)OC(C)(C)C)c1nc(C(=O)N[C@@H](CCCNC(N)=O)C(=O)O)co1. The molecule has 0 saturated carbocycles. The summed E-state index contributed by atoms with van der Waals surface area (Å²) in [6.45, 7) is 9.29. The molecule has 0 aliphatic carbocycles. The minimum Gasteiger partial charge on any atom is -0.480 e. The van der Waals surface area contributed by atoms with Crippen LogP contribution in [0.15, 0.2) is 10.7 Å². The molecule has 1 aromatic rings. The minimum absolute atomic E-state index is 0.0717. The Morgan fingerprint density at radius 3 is 2.41 bits per heavy atom. The van der Waals surface area contributed by atoms with Gasteiger partial charge in [0.05, 0.1) is 0 Å². The first-order valence-electron chi connectivity index (χ1n) is 10.3. The van der Waals surface area contributed by atoms with Crippen LogP contribution in [-0.2, 0) is 9.53 Å². The fourth-order valence-corrected chi connectivity index (χ4v) is 2.70. The highest BCUT2D eigenvalue weighted by atomic mass is 16.6. The number of rotatable bonds is 11. The quantitative estimate of drug-likeness (QED) is 0.313. The van der Waals surface area contributed by atoms with Crippen molar-refractivity contribution in [3.63, 3.8) is 0 Å². The zero-order valence-electron chi connectivity index (χ0n) is 19.1. The summed E-state index contributed by atoms with van der Waals surface area (Å²) < 4.78 is 10.7. The van der Waals surface area contributed by atoms with Crippen LogP contribution in [0, 0.1) is 5.92 Å². The number of hydrogen-bond donors (Lipinski definition) is 5. The zero-order chi connectivity index (χ0) is 24.5. The van der Waals surface area contributed by atoms with Gasteiger partial charge in [0.25, 0.3) is 5.91 Å². The fourth-order valence-electron chi connectivity index (χ4n) is 2.70. The summed E-state index contributed by atoms with van der Waals surface area (Å²) in [6, 6.07) is -2.54. The molecule has 32 heavy (non-hydrogen) atoms. The Labute approximate surface area is 186 Å². The van der Waals surface area contributed by atoms with E-state index in [9.17, 15) is 24.3 Å². The van der Waals surface area contributed by atoms with Gasteiger partial charge in [0.15, 0.2) is 5.69 Å². The first kappa shape index (κ1) is 26.7. The van der Waals surface area contributed by atoms with Gasteiger partial charge in [0, 0.05) is 6.54 Å². The van der Waals surface area contributed by atoms with Crippen LogP contribution in [0.5, 0.6) is 0 Å². The van der Waals surface area contributed by atoms with Crippen molar-refractivity contribution >= 4 is 24.0 Å². The molecule has 0 saturated heterocycles. The van der Waals surface area contributed by atoms with Gasteiger partial charge in [-0.15, -0.1) is 0 Å². The first-order valence-corrected chi connectivity index (χ1v) is 10.3. The molecule has 12 heteroatoms. The summed E-state index contributed by atoms with van der Waals surface area (Å²) in [7, 11) is 0. The topological polar surface area (TPSA) is 186 Å². The number of nitrogens with one attached hydrogen (secondary N) is 3. The lowest BCUT2D eigenvalue weighted by atomic mass is 10.0. The molecule has 12 nitrogen and oxygen atoms in total. The summed E-state index contributed by atoms with van der Waals surface area (Å²) >= 11 is 0. The van der Waals surface area contributed by atoms with Crippen molar-refractivity contribution in [2.24, 2.45) is 11.7 Å². The third-order valence-corrected chi connectivity index (χ3v) is 4.02. The highest BCUT2D eigenvalue weighted by Crippen LogP contribution is 2.22. The van der Waals surface area contributed by atoms with E-state index in [1.165, 1.54) is 0 Å². The van der Waals surface area contributed by atoms with Crippen molar-refractivity contribution in [1.82, 2.24) is 20.9 Å². The number of oxazole rings is 1. The van der Waals surface area contributed by atoms with Gasteiger partial charge in [-0.2, -0.15) is 0 Å². The number of carboxylic acids is 1. The summed E-state index contributed by atoms with van der Waals surface area (Å²) in [6.07, 6.45) is 1.29. The van der Waals surface area contributed by atoms with Gasteiger partial charge in [0.1, 0.15) is 23.9 Å². The molecule has 2 atom stereocenters.